The maximum Gasteiger partial charge on any atom is 0.230 e. The zero-order chi connectivity index (χ0) is 15.4. The maximum absolute atomic E-state index is 13.2. The molecule has 0 aliphatic rings. The molecule has 0 aliphatic heterocycles. The Balaban J connectivity index is 2.05. The highest BCUT2D eigenvalue weighted by Crippen LogP contribution is 2.30. The summed E-state index contributed by atoms with van der Waals surface area (Å²) >= 11 is 1.59. The van der Waals surface area contributed by atoms with Gasteiger partial charge in [-0.15, -0.1) is 0 Å². The SMILES string of the molecule is COc1nc(N(C)C)sc1CNC(C)c1cccc(F)c1. The Labute approximate surface area is 128 Å². The molecule has 2 aromatic rings. The Kier molecular flexibility index (Phi) is 5.14. The number of hydrogen-bond donors (Lipinski definition) is 1. The van der Waals surface area contributed by atoms with Crippen molar-refractivity contribution in [3.63, 3.8) is 0 Å². The van der Waals surface area contributed by atoms with E-state index in [9.17, 15) is 4.39 Å². The van der Waals surface area contributed by atoms with Crippen LogP contribution in [0.15, 0.2) is 24.3 Å². The minimum Gasteiger partial charge on any atom is -0.480 e. The lowest BCUT2D eigenvalue weighted by Crippen LogP contribution is -2.18. The van der Waals surface area contributed by atoms with Crippen LogP contribution in [0.5, 0.6) is 5.88 Å². The number of benzene rings is 1. The molecule has 2 rings (SSSR count). The summed E-state index contributed by atoms with van der Waals surface area (Å²) in [6.45, 7) is 2.64. The Morgan fingerprint density at radius 3 is 2.81 bits per heavy atom. The summed E-state index contributed by atoms with van der Waals surface area (Å²) in [4.78, 5) is 7.40. The largest absolute Gasteiger partial charge is 0.480 e. The van der Waals surface area contributed by atoms with E-state index in [1.165, 1.54) is 6.07 Å². The van der Waals surface area contributed by atoms with Crippen LogP contribution in [0.3, 0.4) is 0 Å². The molecule has 114 valence electrons. The molecule has 1 atom stereocenters. The molecule has 0 fully saturated rings. The molecule has 1 unspecified atom stereocenters. The first-order valence-electron chi connectivity index (χ1n) is 6.71. The van der Waals surface area contributed by atoms with Crippen LogP contribution in [0.2, 0.25) is 0 Å². The first-order chi connectivity index (χ1) is 10.0. The molecule has 0 saturated heterocycles. The minimum absolute atomic E-state index is 0.0512. The second-order valence-corrected chi connectivity index (χ2v) is 6.04. The summed E-state index contributed by atoms with van der Waals surface area (Å²) in [6, 6.07) is 6.68. The summed E-state index contributed by atoms with van der Waals surface area (Å²) in [7, 11) is 5.52. The van der Waals surface area contributed by atoms with Crippen LogP contribution in [0.1, 0.15) is 23.4 Å². The van der Waals surface area contributed by atoms with Crippen LogP contribution in [0, 0.1) is 5.82 Å². The molecule has 0 amide bonds. The van der Waals surface area contributed by atoms with Crippen molar-refractivity contribution in [2.45, 2.75) is 19.5 Å². The number of rotatable bonds is 6. The van der Waals surface area contributed by atoms with Crippen LogP contribution in [0.25, 0.3) is 0 Å². The van der Waals surface area contributed by atoms with Crippen LogP contribution in [0.4, 0.5) is 9.52 Å². The number of halogens is 1. The van der Waals surface area contributed by atoms with E-state index >= 15 is 0 Å². The summed E-state index contributed by atoms with van der Waals surface area (Å²) in [5, 5.41) is 4.28. The minimum atomic E-state index is -0.216. The number of anilines is 1. The van der Waals surface area contributed by atoms with Gasteiger partial charge in [0, 0.05) is 26.7 Å². The highest BCUT2D eigenvalue weighted by molar-refractivity contribution is 7.15. The summed E-state index contributed by atoms with van der Waals surface area (Å²) in [6.07, 6.45) is 0. The number of methoxy groups -OCH3 is 1. The summed E-state index contributed by atoms with van der Waals surface area (Å²) in [5.74, 6) is 0.425. The lowest BCUT2D eigenvalue weighted by molar-refractivity contribution is 0.393. The fourth-order valence-corrected chi connectivity index (χ4v) is 2.83. The Hall–Kier alpha value is -1.66. The van der Waals surface area contributed by atoms with E-state index in [-0.39, 0.29) is 11.9 Å². The Bertz CT molecular complexity index is 600. The number of nitrogens with zero attached hydrogens (tertiary/aromatic N) is 2. The molecule has 0 bridgehead atoms. The second-order valence-electron chi connectivity index (χ2n) is 4.98. The van der Waals surface area contributed by atoms with Crippen molar-refractivity contribution >= 4 is 16.5 Å². The van der Waals surface area contributed by atoms with Crippen molar-refractivity contribution in [1.29, 1.82) is 0 Å². The third-order valence-corrected chi connectivity index (χ3v) is 4.35. The van der Waals surface area contributed by atoms with Crippen LogP contribution < -0.4 is 15.0 Å². The highest BCUT2D eigenvalue weighted by Gasteiger charge is 2.14. The topological polar surface area (TPSA) is 37.4 Å². The molecule has 1 heterocycles. The van der Waals surface area contributed by atoms with Gasteiger partial charge in [0.15, 0.2) is 5.13 Å². The monoisotopic (exact) mass is 309 g/mol. The molecule has 21 heavy (non-hydrogen) atoms. The van der Waals surface area contributed by atoms with Crippen molar-refractivity contribution < 1.29 is 9.13 Å². The van der Waals surface area contributed by atoms with Gasteiger partial charge >= 0.3 is 0 Å². The number of ether oxygens (including phenoxy) is 1. The molecule has 0 aliphatic carbocycles. The fourth-order valence-electron chi connectivity index (χ4n) is 1.93. The van der Waals surface area contributed by atoms with E-state index in [2.05, 4.69) is 10.3 Å². The first kappa shape index (κ1) is 15.7. The third-order valence-electron chi connectivity index (χ3n) is 3.14. The molecule has 1 N–H and O–H groups in total. The van der Waals surface area contributed by atoms with Crippen LogP contribution in [-0.2, 0) is 6.54 Å². The maximum atomic E-state index is 13.2. The molecule has 1 aromatic heterocycles. The average Bonchev–Trinajstić information content (AvgIpc) is 2.88. The van der Waals surface area contributed by atoms with Gasteiger partial charge < -0.3 is 15.0 Å². The van der Waals surface area contributed by atoms with Gasteiger partial charge in [-0.05, 0) is 24.6 Å². The van der Waals surface area contributed by atoms with Gasteiger partial charge in [0.25, 0.3) is 0 Å². The summed E-state index contributed by atoms with van der Waals surface area (Å²) in [5.41, 5.74) is 0.923. The standard InChI is InChI=1S/C15H20FN3OS/c1-10(11-6-5-7-12(16)8-11)17-9-13-14(20-4)18-15(21-13)19(2)3/h5-8,10,17H,9H2,1-4H3. The Morgan fingerprint density at radius 2 is 2.19 bits per heavy atom. The zero-order valence-electron chi connectivity index (χ0n) is 12.7. The van der Waals surface area contributed by atoms with E-state index < -0.39 is 0 Å². The van der Waals surface area contributed by atoms with Gasteiger partial charge in [-0.2, -0.15) is 4.98 Å². The molecule has 0 spiro atoms. The summed E-state index contributed by atoms with van der Waals surface area (Å²) < 4.78 is 18.5. The molecule has 0 saturated carbocycles. The molecule has 1 aromatic carbocycles. The smallest absolute Gasteiger partial charge is 0.230 e. The van der Waals surface area contributed by atoms with E-state index in [1.54, 1.807) is 30.6 Å². The lowest BCUT2D eigenvalue weighted by atomic mass is 10.1. The van der Waals surface area contributed by atoms with Crippen molar-refractivity contribution in [2.24, 2.45) is 0 Å². The first-order valence-corrected chi connectivity index (χ1v) is 7.52. The predicted octanol–water partition coefficient (Wildman–Crippen LogP) is 3.21. The molecule has 4 nitrogen and oxygen atoms in total. The quantitative estimate of drug-likeness (QED) is 0.889. The molecule has 6 heteroatoms. The van der Waals surface area contributed by atoms with E-state index in [1.807, 2.05) is 32.0 Å². The van der Waals surface area contributed by atoms with Gasteiger partial charge in [0.1, 0.15) is 5.82 Å². The number of aromatic nitrogens is 1. The number of thiazole rings is 1. The van der Waals surface area contributed by atoms with Gasteiger partial charge in [-0.3, -0.25) is 0 Å². The lowest BCUT2D eigenvalue weighted by Gasteiger charge is -2.13. The van der Waals surface area contributed by atoms with Crippen molar-refractivity contribution in [1.82, 2.24) is 10.3 Å². The Morgan fingerprint density at radius 1 is 1.43 bits per heavy atom. The normalized spacial score (nSPS) is 12.2. The van der Waals surface area contributed by atoms with Gasteiger partial charge in [-0.1, -0.05) is 23.5 Å². The molecular formula is C15H20FN3OS. The number of nitrogens with one attached hydrogen (secondary N) is 1. The average molecular weight is 309 g/mol. The van der Waals surface area contributed by atoms with Gasteiger partial charge in [0.05, 0.1) is 12.0 Å². The van der Waals surface area contributed by atoms with Crippen molar-refractivity contribution in [2.75, 3.05) is 26.1 Å². The van der Waals surface area contributed by atoms with Crippen molar-refractivity contribution in [3.05, 3.63) is 40.5 Å². The molecular weight excluding hydrogens is 289 g/mol. The van der Waals surface area contributed by atoms with E-state index in [0.29, 0.717) is 12.4 Å². The van der Waals surface area contributed by atoms with Gasteiger partial charge in [-0.25, -0.2) is 4.39 Å². The van der Waals surface area contributed by atoms with E-state index in [4.69, 9.17) is 4.74 Å². The molecule has 0 radical (unpaired) electrons. The zero-order valence-corrected chi connectivity index (χ0v) is 13.5. The predicted molar refractivity (Wildman–Crippen MR) is 84.6 cm³/mol. The number of hydrogen-bond acceptors (Lipinski definition) is 5. The third kappa shape index (κ3) is 3.92. The van der Waals surface area contributed by atoms with Crippen LogP contribution in [-0.4, -0.2) is 26.2 Å². The highest BCUT2D eigenvalue weighted by atomic mass is 32.1. The van der Waals surface area contributed by atoms with Gasteiger partial charge in [0.2, 0.25) is 5.88 Å². The second kappa shape index (κ2) is 6.87. The van der Waals surface area contributed by atoms with Crippen molar-refractivity contribution in [3.8, 4) is 5.88 Å². The van der Waals surface area contributed by atoms with Crippen LogP contribution >= 0.6 is 11.3 Å². The fraction of sp³-hybridized carbons (Fsp3) is 0.400. The van der Waals surface area contributed by atoms with E-state index in [0.717, 1.165) is 15.6 Å².